The monoisotopic (exact) mass is 230 g/mol. The Balaban J connectivity index is 2.47. The second-order valence-corrected chi connectivity index (χ2v) is 3.56. The summed E-state index contributed by atoms with van der Waals surface area (Å²) in [5.41, 5.74) is 5.66. The smallest absolute Gasteiger partial charge is 0.151 e. The van der Waals surface area contributed by atoms with E-state index in [4.69, 9.17) is 10.8 Å². The fourth-order valence-electron chi connectivity index (χ4n) is 1.37. The summed E-state index contributed by atoms with van der Waals surface area (Å²) in [7, 11) is 0. The molecule has 0 fully saturated rings. The van der Waals surface area contributed by atoms with Crippen LogP contribution in [-0.2, 0) is 0 Å². The molecule has 0 unspecified atom stereocenters. The summed E-state index contributed by atoms with van der Waals surface area (Å²) in [6.07, 6.45) is 2.41. The van der Waals surface area contributed by atoms with Crippen LogP contribution in [0.5, 0.6) is 0 Å². The Hall–Kier alpha value is -1.36. The van der Waals surface area contributed by atoms with Gasteiger partial charge in [-0.05, 0) is 25.3 Å². The molecule has 0 spiro atoms. The molecule has 0 saturated heterocycles. The minimum Gasteiger partial charge on any atom is -0.396 e. The molecule has 1 rings (SSSR count). The van der Waals surface area contributed by atoms with Gasteiger partial charge >= 0.3 is 0 Å². The van der Waals surface area contributed by atoms with Gasteiger partial charge in [0.1, 0.15) is 5.82 Å². The molecule has 0 heterocycles. The van der Waals surface area contributed by atoms with Crippen molar-refractivity contribution in [3.05, 3.63) is 23.8 Å². The van der Waals surface area contributed by atoms with Crippen LogP contribution in [0.1, 0.15) is 19.3 Å². The van der Waals surface area contributed by atoms with Gasteiger partial charge in [-0.1, -0.05) is 0 Å². The average molecular weight is 230 g/mol. The number of aliphatic hydroxyl groups excluding tert-OH is 1. The van der Waals surface area contributed by atoms with Crippen LogP contribution in [0.25, 0.3) is 0 Å². The second-order valence-electron chi connectivity index (χ2n) is 3.56. The van der Waals surface area contributed by atoms with Gasteiger partial charge in [0, 0.05) is 19.2 Å². The molecule has 0 aliphatic heterocycles. The molecule has 3 nitrogen and oxygen atoms in total. The fourth-order valence-corrected chi connectivity index (χ4v) is 1.37. The molecule has 90 valence electrons. The van der Waals surface area contributed by atoms with Crippen LogP contribution in [0, 0.1) is 11.6 Å². The zero-order valence-electron chi connectivity index (χ0n) is 8.97. The summed E-state index contributed by atoms with van der Waals surface area (Å²) in [5.74, 6) is -1.40. The van der Waals surface area contributed by atoms with Gasteiger partial charge in [-0.3, -0.25) is 0 Å². The number of halogens is 2. The van der Waals surface area contributed by atoms with Crippen molar-refractivity contribution in [3.8, 4) is 0 Å². The first kappa shape index (κ1) is 12.7. The van der Waals surface area contributed by atoms with Crippen molar-refractivity contribution in [2.75, 3.05) is 24.2 Å². The fraction of sp³-hybridized carbons (Fsp3) is 0.455. The van der Waals surface area contributed by atoms with Crippen LogP contribution >= 0.6 is 0 Å². The molecule has 0 saturated carbocycles. The highest BCUT2D eigenvalue weighted by Gasteiger charge is 2.07. The Bertz CT molecular complexity index is 345. The summed E-state index contributed by atoms with van der Waals surface area (Å²) in [4.78, 5) is 0. The van der Waals surface area contributed by atoms with E-state index in [1.807, 2.05) is 0 Å². The third-order valence-corrected chi connectivity index (χ3v) is 2.24. The predicted octanol–water partition coefficient (Wildman–Crippen LogP) is 2.12. The normalized spacial score (nSPS) is 10.4. The first-order valence-corrected chi connectivity index (χ1v) is 5.24. The highest BCUT2D eigenvalue weighted by atomic mass is 19.1. The molecule has 1 aromatic rings. The third-order valence-electron chi connectivity index (χ3n) is 2.24. The highest BCUT2D eigenvalue weighted by Crippen LogP contribution is 2.23. The van der Waals surface area contributed by atoms with E-state index in [-0.39, 0.29) is 18.0 Å². The Morgan fingerprint density at radius 1 is 1.19 bits per heavy atom. The number of hydrogen-bond donors (Lipinski definition) is 3. The largest absolute Gasteiger partial charge is 0.396 e. The molecule has 0 bridgehead atoms. The number of benzene rings is 1. The zero-order valence-corrected chi connectivity index (χ0v) is 8.97. The van der Waals surface area contributed by atoms with Gasteiger partial charge in [0.15, 0.2) is 5.82 Å². The van der Waals surface area contributed by atoms with Crippen LogP contribution in [0.15, 0.2) is 12.1 Å². The molecule has 16 heavy (non-hydrogen) atoms. The van der Waals surface area contributed by atoms with E-state index in [2.05, 4.69) is 5.32 Å². The van der Waals surface area contributed by atoms with E-state index in [0.29, 0.717) is 6.54 Å². The van der Waals surface area contributed by atoms with E-state index in [0.717, 1.165) is 25.3 Å². The number of anilines is 2. The van der Waals surface area contributed by atoms with E-state index < -0.39 is 11.6 Å². The molecule has 4 N–H and O–H groups in total. The maximum Gasteiger partial charge on any atom is 0.151 e. The SMILES string of the molecule is Nc1c(F)cc(F)cc1NCCCCCO. The molecule has 0 aliphatic rings. The molecule has 1 aromatic carbocycles. The van der Waals surface area contributed by atoms with Gasteiger partial charge in [-0.15, -0.1) is 0 Å². The quantitative estimate of drug-likeness (QED) is 0.518. The van der Waals surface area contributed by atoms with Crippen LogP contribution in [0.2, 0.25) is 0 Å². The molecule has 0 aliphatic carbocycles. The van der Waals surface area contributed by atoms with E-state index in [1.165, 1.54) is 6.07 Å². The van der Waals surface area contributed by atoms with E-state index >= 15 is 0 Å². The maximum atomic E-state index is 13.0. The lowest BCUT2D eigenvalue weighted by Gasteiger charge is -2.09. The van der Waals surface area contributed by atoms with Gasteiger partial charge in [-0.25, -0.2) is 8.78 Å². The minimum atomic E-state index is -0.752. The van der Waals surface area contributed by atoms with Gasteiger partial charge in [0.25, 0.3) is 0 Å². The molecular weight excluding hydrogens is 214 g/mol. The Morgan fingerprint density at radius 3 is 2.62 bits per heavy atom. The van der Waals surface area contributed by atoms with Crippen molar-refractivity contribution in [1.82, 2.24) is 0 Å². The third kappa shape index (κ3) is 3.66. The number of aliphatic hydroxyl groups is 1. The number of rotatable bonds is 6. The van der Waals surface area contributed by atoms with E-state index in [9.17, 15) is 8.78 Å². The molecular formula is C11H16F2N2O. The standard InChI is InChI=1S/C11H16F2N2O/c12-8-6-9(13)11(14)10(7-8)15-4-2-1-3-5-16/h6-7,15-16H,1-5,14H2. The minimum absolute atomic E-state index is 0.0661. The summed E-state index contributed by atoms with van der Waals surface area (Å²) in [6, 6.07) is 1.93. The van der Waals surface area contributed by atoms with Crippen LogP contribution in [0.4, 0.5) is 20.2 Å². The van der Waals surface area contributed by atoms with Crippen molar-refractivity contribution in [2.24, 2.45) is 0 Å². The van der Waals surface area contributed by atoms with Gasteiger partial charge in [0.05, 0.1) is 11.4 Å². The first-order valence-electron chi connectivity index (χ1n) is 5.24. The topological polar surface area (TPSA) is 58.3 Å². The molecule has 0 atom stereocenters. The first-order chi connectivity index (χ1) is 7.65. The lowest BCUT2D eigenvalue weighted by molar-refractivity contribution is 0.283. The summed E-state index contributed by atoms with van der Waals surface area (Å²) in [5, 5.41) is 11.4. The van der Waals surface area contributed by atoms with Crippen molar-refractivity contribution < 1.29 is 13.9 Å². The molecule has 0 amide bonds. The summed E-state index contributed by atoms with van der Waals surface area (Å²) >= 11 is 0. The van der Waals surface area contributed by atoms with E-state index in [1.54, 1.807) is 0 Å². The Morgan fingerprint density at radius 2 is 1.94 bits per heavy atom. The maximum absolute atomic E-state index is 13.0. The highest BCUT2D eigenvalue weighted by molar-refractivity contribution is 5.66. The van der Waals surface area contributed by atoms with Gasteiger partial charge in [0.2, 0.25) is 0 Å². The zero-order chi connectivity index (χ0) is 12.0. The molecule has 5 heteroatoms. The summed E-state index contributed by atoms with van der Waals surface area (Å²) < 4.78 is 25.9. The van der Waals surface area contributed by atoms with Crippen molar-refractivity contribution in [3.63, 3.8) is 0 Å². The lowest BCUT2D eigenvalue weighted by Crippen LogP contribution is -2.06. The lowest BCUT2D eigenvalue weighted by atomic mass is 10.2. The number of nitrogen functional groups attached to an aromatic ring is 1. The van der Waals surface area contributed by atoms with Crippen LogP contribution in [0.3, 0.4) is 0 Å². The second kappa shape index (κ2) is 6.27. The Labute approximate surface area is 93.3 Å². The van der Waals surface area contributed by atoms with Gasteiger partial charge in [-0.2, -0.15) is 0 Å². The van der Waals surface area contributed by atoms with Gasteiger partial charge < -0.3 is 16.2 Å². The predicted molar refractivity (Wildman–Crippen MR) is 60.2 cm³/mol. The number of unbranched alkanes of at least 4 members (excludes halogenated alkanes) is 2. The number of hydrogen-bond acceptors (Lipinski definition) is 3. The van der Waals surface area contributed by atoms with Crippen LogP contribution in [-0.4, -0.2) is 18.3 Å². The number of nitrogens with one attached hydrogen (secondary N) is 1. The van der Waals surface area contributed by atoms with Crippen molar-refractivity contribution in [1.29, 1.82) is 0 Å². The number of nitrogens with two attached hydrogens (primary N) is 1. The Kier molecular flexibility index (Phi) is 4.98. The molecule has 0 aromatic heterocycles. The summed E-state index contributed by atoms with van der Waals surface area (Å²) in [6.45, 7) is 0.740. The average Bonchev–Trinajstić information content (AvgIpc) is 2.24. The molecule has 0 radical (unpaired) electrons. The van der Waals surface area contributed by atoms with Crippen molar-refractivity contribution >= 4 is 11.4 Å². The van der Waals surface area contributed by atoms with Crippen molar-refractivity contribution in [2.45, 2.75) is 19.3 Å². The van der Waals surface area contributed by atoms with Crippen LogP contribution < -0.4 is 11.1 Å².